The minimum Gasteiger partial charge on any atom is -0.321 e. The number of aromatic nitrogens is 1. The zero-order chi connectivity index (χ0) is 22.0. The number of benzene rings is 3. The van der Waals surface area contributed by atoms with E-state index in [0.29, 0.717) is 15.7 Å². The topological polar surface area (TPSA) is 85.1 Å². The monoisotopic (exact) mass is 557 g/mol. The van der Waals surface area contributed by atoms with Crippen molar-refractivity contribution in [3.63, 3.8) is 0 Å². The quantitative estimate of drug-likeness (QED) is 0.161. The second-order valence-corrected chi connectivity index (χ2v) is 9.27. The van der Waals surface area contributed by atoms with Crippen molar-refractivity contribution < 1.29 is 9.72 Å². The maximum atomic E-state index is 12.6. The van der Waals surface area contributed by atoms with Gasteiger partial charge in [0.05, 0.1) is 20.8 Å². The van der Waals surface area contributed by atoms with Gasteiger partial charge in [-0.3, -0.25) is 14.9 Å². The van der Waals surface area contributed by atoms with E-state index < -0.39 is 4.92 Å². The van der Waals surface area contributed by atoms with E-state index in [2.05, 4.69) is 37.2 Å². The molecule has 1 amide bonds. The Bertz CT molecular complexity index is 1320. The Kier molecular flexibility index (Phi) is 6.26. The number of nitrogens with zero attached hydrogens (tertiary/aromatic N) is 2. The summed E-state index contributed by atoms with van der Waals surface area (Å²) in [5.74, 6) is -0.364. The number of amides is 1. The Morgan fingerprint density at radius 3 is 2.68 bits per heavy atom. The summed E-state index contributed by atoms with van der Waals surface area (Å²) in [6.07, 6.45) is 2.88. The number of para-hydroxylation sites is 1. The van der Waals surface area contributed by atoms with Gasteiger partial charge in [0.2, 0.25) is 5.91 Å². The van der Waals surface area contributed by atoms with E-state index in [-0.39, 0.29) is 11.6 Å². The molecule has 0 aliphatic carbocycles. The van der Waals surface area contributed by atoms with Crippen LogP contribution in [-0.4, -0.2) is 15.8 Å². The fraction of sp³-hybridized carbons (Fsp3) is 0. The second kappa shape index (κ2) is 9.09. The molecule has 0 aliphatic heterocycles. The molecule has 0 unspecified atom stereocenters. The van der Waals surface area contributed by atoms with Gasteiger partial charge < -0.3 is 5.32 Å². The average Bonchev–Trinajstić information content (AvgIpc) is 3.18. The highest BCUT2D eigenvalue weighted by Crippen LogP contribution is 2.40. The smallest absolute Gasteiger partial charge is 0.270 e. The first kappa shape index (κ1) is 21.4. The van der Waals surface area contributed by atoms with Gasteiger partial charge in [-0.2, -0.15) is 0 Å². The normalized spacial score (nSPS) is 11.2. The van der Waals surface area contributed by atoms with Gasteiger partial charge in [0.15, 0.2) is 0 Å². The van der Waals surface area contributed by atoms with Gasteiger partial charge >= 0.3 is 0 Å². The number of hydrogen-bond acceptors (Lipinski definition) is 5. The van der Waals surface area contributed by atoms with Crippen LogP contribution in [0.2, 0.25) is 0 Å². The lowest BCUT2D eigenvalue weighted by Crippen LogP contribution is -2.09. The summed E-state index contributed by atoms with van der Waals surface area (Å²) in [6.45, 7) is 0. The predicted octanol–water partition coefficient (Wildman–Crippen LogP) is 7.05. The van der Waals surface area contributed by atoms with Crippen LogP contribution in [0.25, 0.3) is 26.9 Å². The molecule has 0 saturated carbocycles. The van der Waals surface area contributed by atoms with Crippen molar-refractivity contribution >= 4 is 76.8 Å². The van der Waals surface area contributed by atoms with E-state index in [1.165, 1.54) is 35.6 Å². The molecule has 0 spiro atoms. The Morgan fingerprint density at radius 2 is 1.90 bits per heavy atom. The lowest BCUT2D eigenvalue weighted by Gasteiger charge is -2.11. The third-order valence-electron chi connectivity index (χ3n) is 4.34. The number of thiazole rings is 1. The van der Waals surface area contributed by atoms with Gasteiger partial charge in [-0.25, -0.2) is 4.98 Å². The number of anilines is 1. The second-order valence-electron chi connectivity index (χ2n) is 6.47. The van der Waals surface area contributed by atoms with Crippen LogP contribution in [0.5, 0.6) is 0 Å². The number of nitro groups is 1. The number of fused-ring (bicyclic) bond motifs is 1. The van der Waals surface area contributed by atoms with Crippen LogP contribution >= 0.6 is 43.2 Å². The molecule has 9 heteroatoms. The van der Waals surface area contributed by atoms with Crippen molar-refractivity contribution in [3.8, 4) is 10.6 Å². The third-order valence-corrected chi connectivity index (χ3v) is 6.49. The Morgan fingerprint density at radius 1 is 1.10 bits per heavy atom. The lowest BCUT2D eigenvalue weighted by atomic mass is 10.1. The van der Waals surface area contributed by atoms with Gasteiger partial charge in [-0.05, 0) is 51.8 Å². The van der Waals surface area contributed by atoms with E-state index in [1.807, 2.05) is 36.4 Å². The Labute approximate surface area is 198 Å². The molecular weight excluding hydrogens is 546 g/mol. The number of carbonyl (C=O) groups is 1. The zero-order valence-electron chi connectivity index (χ0n) is 15.7. The van der Waals surface area contributed by atoms with Gasteiger partial charge in [0.1, 0.15) is 5.01 Å². The van der Waals surface area contributed by atoms with Gasteiger partial charge in [-0.15, -0.1) is 11.3 Å². The Balaban J connectivity index is 1.64. The minimum absolute atomic E-state index is 0.0312. The summed E-state index contributed by atoms with van der Waals surface area (Å²) in [6, 6.07) is 17.7. The molecule has 0 saturated heterocycles. The predicted molar refractivity (Wildman–Crippen MR) is 131 cm³/mol. The van der Waals surface area contributed by atoms with Crippen molar-refractivity contribution in [1.82, 2.24) is 4.98 Å². The van der Waals surface area contributed by atoms with Gasteiger partial charge in [0, 0.05) is 32.7 Å². The van der Waals surface area contributed by atoms with Crippen molar-refractivity contribution in [3.05, 3.63) is 91.4 Å². The maximum Gasteiger partial charge on any atom is 0.270 e. The van der Waals surface area contributed by atoms with Crippen LogP contribution in [0.1, 0.15) is 5.56 Å². The number of non-ortho nitro benzene ring substituents is 1. The number of hydrogen-bond donors (Lipinski definition) is 1. The minimum atomic E-state index is -0.472. The summed E-state index contributed by atoms with van der Waals surface area (Å²) in [7, 11) is 0. The first-order valence-electron chi connectivity index (χ1n) is 8.99. The molecule has 4 rings (SSSR count). The first-order valence-corrected chi connectivity index (χ1v) is 11.4. The fourth-order valence-electron chi connectivity index (χ4n) is 2.94. The van der Waals surface area contributed by atoms with Crippen LogP contribution in [-0.2, 0) is 4.79 Å². The molecule has 1 N–H and O–H groups in total. The highest BCUT2D eigenvalue weighted by Gasteiger charge is 2.16. The van der Waals surface area contributed by atoms with Gasteiger partial charge in [0.25, 0.3) is 5.69 Å². The molecule has 6 nitrogen and oxygen atoms in total. The summed E-state index contributed by atoms with van der Waals surface area (Å²) >= 11 is 8.56. The molecule has 0 radical (unpaired) electrons. The van der Waals surface area contributed by atoms with E-state index >= 15 is 0 Å². The van der Waals surface area contributed by atoms with E-state index in [0.717, 1.165) is 25.3 Å². The zero-order valence-corrected chi connectivity index (χ0v) is 19.7. The van der Waals surface area contributed by atoms with E-state index in [4.69, 9.17) is 4.98 Å². The third kappa shape index (κ3) is 4.90. The molecule has 0 bridgehead atoms. The summed E-state index contributed by atoms with van der Waals surface area (Å²) < 4.78 is 2.60. The largest absolute Gasteiger partial charge is 0.321 e. The van der Waals surface area contributed by atoms with E-state index in [9.17, 15) is 14.9 Å². The summed E-state index contributed by atoms with van der Waals surface area (Å²) in [5.41, 5.74) is 2.79. The van der Waals surface area contributed by atoms with Crippen LogP contribution in [0.4, 0.5) is 11.4 Å². The maximum absolute atomic E-state index is 12.6. The van der Waals surface area contributed by atoms with E-state index in [1.54, 1.807) is 12.1 Å². The number of nitrogens with one attached hydrogen (secondary N) is 1. The standard InChI is InChI=1S/C22H13Br2N3O3S/c23-14-11-16(22-25-18-6-1-2-7-19(18)31-22)21(17(24)12-14)26-20(28)9-8-13-4-3-5-15(10-13)27(29)30/h1-12H,(H,26,28)/b9-8+. The van der Waals surface area contributed by atoms with Crippen molar-refractivity contribution in [1.29, 1.82) is 0 Å². The molecule has 3 aromatic carbocycles. The highest BCUT2D eigenvalue weighted by atomic mass is 79.9. The van der Waals surface area contributed by atoms with Crippen molar-refractivity contribution in [2.75, 3.05) is 5.32 Å². The molecule has 0 aliphatic rings. The molecule has 31 heavy (non-hydrogen) atoms. The SMILES string of the molecule is O=C(/C=C/c1cccc([N+](=O)[O-])c1)Nc1c(Br)cc(Br)cc1-c1nc2ccccc2s1. The fourth-order valence-corrected chi connectivity index (χ4v) is 5.25. The Hall–Kier alpha value is -2.88. The van der Waals surface area contributed by atoms with Crippen LogP contribution in [0, 0.1) is 10.1 Å². The number of halogens is 2. The summed E-state index contributed by atoms with van der Waals surface area (Å²) in [5, 5.41) is 14.6. The molecule has 1 heterocycles. The molecule has 4 aromatic rings. The number of rotatable bonds is 5. The lowest BCUT2D eigenvalue weighted by molar-refractivity contribution is -0.384. The molecule has 0 fully saturated rings. The molecular formula is C22H13Br2N3O3S. The average molecular weight is 559 g/mol. The van der Waals surface area contributed by atoms with Crippen molar-refractivity contribution in [2.45, 2.75) is 0 Å². The van der Waals surface area contributed by atoms with Crippen LogP contribution < -0.4 is 5.32 Å². The molecule has 0 atom stereocenters. The number of carbonyl (C=O) groups excluding carboxylic acids is 1. The van der Waals surface area contributed by atoms with Gasteiger partial charge in [-0.1, -0.05) is 40.2 Å². The van der Waals surface area contributed by atoms with Crippen LogP contribution in [0.15, 0.2) is 75.7 Å². The van der Waals surface area contributed by atoms with Crippen LogP contribution in [0.3, 0.4) is 0 Å². The highest BCUT2D eigenvalue weighted by molar-refractivity contribution is 9.11. The summed E-state index contributed by atoms with van der Waals surface area (Å²) in [4.78, 5) is 27.8. The molecule has 154 valence electrons. The van der Waals surface area contributed by atoms with Crippen molar-refractivity contribution in [2.24, 2.45) is 0 Å². The number of nitro benzene ring substituents is 1. The first-order chi connectivity index (χ1) is 14.9. The molecule has 1 aromatic heterocycles.